The van der Waals surface area contributed by atoms with Crippen LogP contribution in [0.25, 0.3) is 0 Å². The lowest BCUT2D eigenvalue weighted by atomic mass is 10.0. The minimum atomic E-state index is 1.25. The molecule has 0 bridgehead atoms. The van der Waals surface area contributed by atoms with Gasteiger partial charge in [-0.1, -0.05) is 162 Å². The summed E-state index contributed by atoms with van der Waals surface area (Å²) >= 11 is 0. The van der Waals surface area contributed by atoms with E-state index in [1.165, 1.54) is 148 Å². The van der Waals surface area contributed by atoms with Crippen LogP contribution in [0, 0.1) is 0 Å². The zero-order valence-corrected chi connectivity index (χ0v) is 18.3. The van der Waals surface area contributed by atoms with Crippen molar-refractivity contribution >= 4 is 0 Å². The Hall–Kier alpha value is 0. The van der Waals surface area contributed by atoms with Crippen LogP contribution in [0.5, 0.6) is 0 Å². The van der Waals surface area contributed by atoms with E-state index in [0.717, 1.165) is 0 Å². The summed E-state index contributed by atoms with van der Waals surface area (Å²) in [4.78, 5) is 0. The number of rotatable bonds is 0. The first-order valence-corrected chi connectivity index (χ1v) is 12.4. The van der Waals surface area contributed by atoms with Gasteiger partial charge in [0.2, 0.25) is 0 Å². The summed E-state index contributed by atoms with van der Waals surface area (Å²) in [5.74, 6) is 0. The molecule has 6 saturated carbocycles. The number of hydrogen-bond acceptors (Lipinski definition) is 0. The molecule has 6 rings (SSSR count). The molecule has 0 aromatic carbocycles. The maximum atomic E-state index is 2.12. The van der Waals surface area contributed by atoms with E-state index in [0.29, 0.717) is 0 Å². The van der Waals surface area contributed by atoms with Gasteiger partial charge in [-0.05, 0) is 0 Å². The highest BCUT2D eigenvalue weighted by Gasteiger charge is 1.97. The van der Waals surface area contributed by atoms with Gasteiger partial charge in [-0.2, -0.15) is 0 Å². The molecule has 0 atom stereocenters. The molecule has 0 saturated heterocycles. The van der Waals surface area contributed by atoms with Crippen molar-refractivity contribution in [1.29, 1.82) is 0 Å². The summed E-state index contributed by atoms with van der Waals surface area (Å²) < 4.78 is 0. The Labute approximate surface area is 161 Å². The summed E-state index contributed by atoms with van der Waals surface area (Å²) in [5, 5.41) is 0. The largest absolute Gasteiger partial charge is 0.0656 e. The van der Waals surface area contributed by atoms with Gasteiger partial charge in [0, 0.05) is 0 Å². The first kappa shape index (κ1) is 25.0. The van der Waals surface area contributed by atoms with Gasteiger partial charge in [-0.3, -0.25) is 0 Å². The fourth-order valence-electron chi connectivity index (χ4n) is 1.000. The molecule has 0 spiro atoms. The highest BCUT2D eigenvalue weighted by molar-refractivity contribution is 4.52. The van der Waals surface area contributed by atoms with Crippen molar-refractivity contribution in [2.24, 2.45) is 0 Å². The third-order valence-electron chi connectivity index (χ3n) is 4.71. The molecular formula is C25H52. The average Bonchev–Trinajstić information content (AvgIpc) is 3.15. The molecule has 0 heterocycles. The maximum Gasteiger partial charge on any atom is -0.0533 e. The highest BCUT2D eigenvalue weighted by atomic mass is 14.0. The van der Waals surface area contributed by atoms with Crippen LogP contribution in [-0.2, 0) is 0 Å². The Balaban J connectivity index is 0.000000270. The van der Waals surface area contributed by atoms with Crippen molar-refractivity contribution in [2.75, 3.05) is 0 Å². The van der Waals surface area contributed by atoms with Crippen LogP contribution >= 0.6 is 0 Å². The van der Waals surface area contributed by atoms with Crippen molar-refractivity contribution in [1.82, 2.24) is 0 Å². The van der Waals surface area contributed by atoms with Crippen LogP contribution in [0.4, 0.5) is 0 Å². The molecular weight excluding hydrogens is 300 g/mol. The minimum Gasteiger partial charge on any atom is -0.0656 e. The first-order chi connectivity index (χ1) is 12.4. The molecule has 6 fully saturated rings. The molecule has 0 nitrogen and oxygen atoms in total. The predicted octanol–water partition coefficient (Wildman–Crippen LogP) is 10.00. The summed E-state index contributed by atoms with van der Waals surface area (Å²) in [6.45, 7) is 4.25. The van der Waals surface area contributed by atoms with Crippen LogP contribution in [0.1, 0.15) is 162 Å². The van der Waals surface area contributed by atoms with E-state index < -0.39 is 0 Å². The van der Waals surface area contributed by atoms with Crippen molar-refractivity contribution in [2.45, 2.75) is 162 Å². The molecule has 0 aromatic rings. The van der Waals surface area contributed by atoms with E-state index in [1.807, 2.05) is 0 Å². The quantitative estimate of drug-likeness (QED) is 0.406. The summed E-state index contributed by atoms with van der Waals surface area (Å²) in [5.41, 5.74) is 0. The lowest BCUT2D eigenvalue weighted by molar-refractivity contribution is 0.504. The molecule has 0 aliphatic heterocycles. The molecule has 0 unspecified atom stereocenters. The average molecular weight is 353 g/mol. The summed E-state index contributed by atoms with van der Waals surface area (Å²) in [6.07, 6.45) is 34.2. The van der Waals surface area contributed by atoms with E-state index in [-0.39, 0.29) is 0 Å². The Morgan fingerprint density at radius 3 is 0.280 bits per heavy atom. The minimum absolute atomic E-state index is 1.25. The second-order valence-corrected chi connectivity index (χ2v) is 8.49. The molecule has 6 aliphatic carbocycles. The van der Waals surface area contributed by atoms with Crippen molar-refractivity contribution in [3.05, 3.63) is 0 Å². The van der Waals surface area contributed by atoms with E-state index in [2.05, 4.69) is 13.8 Å². The lowest BCUT2D eigenvalue weighted by Gasteiger charge is -2.05. The Bertz CT molecular complexity index is 129. The van der Waals surface area contributed by atoms with Gasteiger partial charge in [0.15, 0.2) is 0 Å². The van der Waals surface area contributed by atoms with Crippen LogP contribution in [0.3, 0.4) is 0 Å². The second-order valence-electron chi connectivity index (χ2n) is 8.49. The Morgan fingerprint density at radius 1 is 0.240 bits per heavy atom. The molecule has 0 radical (unpaired) electrons. The van der Waals surface area contributed by atoms with E-state index in [9.17, 15) is 0 Å². The fourth-order valence-corrected chi connectivity index (χ4v) is 1.000. The van der Waals surface area contributed by atoms with Crippen LogP contribution in [0.2, 0.25) is 0 Å². The van der Waals surface area contributed by atoms with Gasteiger partial charge in [0.1, 0.15) is 0 Å². The van der Waals surface area contributed by atoms with Gasteiger partial charge in [-0.25, -0.2) is 0 Å². The number of hydrogen-bond donors (Lipinski definition) is 0. The molecule has 0 aromatic heterocycles. The van der Waals surface area contributed by atoms with Crippen LogP contribution < -0.4 is 0 Å². The fraction of sp³-hybridized carbons (Fsp3) is 1.00. The Kier molecular flexibility index (Phi) is 24.0. The lowest BCUT2D eigenvalue weighted by Crippen LogP contribution is -1.85. The molecule has 152 valence electrons. The second kappa shape index (κ2) is 24.0. The zero-order chi connectivity index (χ0) is 18.3. The highest BCUT2D eigenvalue weighted by Crippen LogP contribution is 2.16. The van der Waals surface area contributed by atoms with Crippen molar-refractivity contribution in [3.63, 3.8) is 0 Å². The SMILES string of the molecule is C1CC1.C1CC1.C1CCC1.C1CCC1.C1CCC1.C1CCC1.CCC. The van der Waals surface area contributed by atoms with Crippen LogP contribution in [-0.4, -0.2) is 0 Å². The first-order valence-electron chi connectivity index (χ1n) is 12.4. The molecule has 25 heavy (non-hydrogen) atoms. The van der Waals surface area contributed by atoms with Gasteiger partial charge in [0.05, 0.1) is 0 Å². The molecule has 0 amide bonds. The van der Waals surface area contributed by atoms with Crippen molar-refractivity contribution < 1.29 is 0 Å². The predicted molar refractivity (Wildman–Crippen MR) is 118 cm³/mol. The maximum absolute atomic E-state index is 2.12. The standard InChI is InChI=1S/4C4H8.2C3H6.C3H8/c4*1-2-4-3-1;2*1-2-3-1;1-3-2/h4*1-4H2;2*1-3H2;3H2,1-2H3. The monoisotopic (exact) mass is 352 g/mol. The molecule has 6 aliphatic rings. The normalized spacial score (nSPS) is 21.8. The topological polar surface area (TPSA) is 0 Å². The van der Waals surface area contributed by atoms with Gasteiger partial charge >= 0.3 is 0 Å². The third-order valence-corrected chi connectivity index (χ3v) is 4.71. The van der Waals surface area contributed by atoms with Crippen molar-refractivity contribution in [3.8, 4) is 0 Å². The van der Waals surface area contributed by atoms with E-state index in [4.69, 9.17) is 0 Å². The van der Waals surface area contributed by atoms with Gasteiger partial charge < -0.3 is 0 Å². The van der Waals surface area contributed by atoms with Gasteiger partial charge in [0.25, 0.3) is 0 Å². The molecule has 0 heteroatoms. The van der Waals surface area contributed by atoms with Crippen LogP contribution in [0.15, 0.2) is 0 Å². The zero-order valence-electron chi connectivity index (χ0n) is 18.3. The summed E-state index contributed by atoms with van der Waals surface area (Å²) in [6, 6.07) is 0. The third kappa shape index (κ3) is 35.9. The molecule has 0 N–H and O–H groups in total. The smallest absolute Gasteiger partial charge is 0.0533 e. The van der Waals surface area contributed by atoms with E-state index >= 15 is 0 Å². The van der Waals surface area contributed by atoms with E-state index in [1.54, 1.807) is 0 Å². The van der Waals surface area contributed by atoms with Gasteiger partial charge in [-0.15, -0.1) is 0 Å². The Morgan fingerprint density at radius 2 is 0.280 bits per heavy atom. The summed E-state index contributed by atoms with van der Waals surface area (Å²) in [7, 11) is 0.